The average molecular weight is 282 g/mol. The lowest BCUT2D eigenvalue weighted by Crippen LogP contribution is -2.35. The molecule has 0 radical (unpaired) electrons. The Bertz CT molecular complexity index is 587. The molecule has 1 rings (SSSR count). The van der Waals surface area contributed by atoms with Gasteiger partial charge in [0.15, 0.2) is 9.84 Å². The predicted octanol–water partition coefficient (Wildman–Crippen LogP) is 3.14. The maximum Gasteiger partial charge on any atom is 0.184 e. The molecule has 0 heterocycles. The summed E-state index contributed by atoms with van der Waals surface area (Å²) in [5, 5.41) is 0. The fourth-order valence-corrected chi connectivity index (χ4v) is 4.47. The van der Waals surface area contributed by atoms with E-state index < -0.39 is 14.6 Å². The smallest absolute Gasteiger partial charge is 0.184 e. The molecule has 1 aromatic rings. The number of benzene rings is 1. The van der Waals surface area contributed by atoms with Crippen molar-refractivity contribution in [2.24, 2.45) is 0 Å². The minimum absolute atomic E-state index is 0.0299. The molecule has 0 N–H and O–H groups in total. The molecule has 3 nitrogen and oxygen atoms in total. The lowest BCUT2D eigenvalue weighted by molar-refractivity contribution is -0.117. The number of rotatable bonds is 4. The van der Waals surface area contributed by atoms with Crippen LogP contribution in [0.3, 0.4) is 0 Å². The minimum atomic E-state index is -3.53. The van der Waals surface area contributed by atoms with Crippen molar-refractivity contribution >= 4 is 15.6 Å². The van der Waals surface area contributed by atoms with Gasteiger partial charge in [-0.1, -0.05) is 17.7 Å². The lowest BCUT2D eigenvalue weighted by Gasteiger charge is -2.26. The predicted molar refractivity (Wildman–Crippen MR) is 77.2 cm³/mol. The maximum atomic E-state index is 12.8. The molecule has 0 saturated carbocycles. The molecule has 0 atom stereocenters. The number of sulfone groups is 1. The lowest BCUT2D eigenvalue weighted by atomic mass is 10.1. The van der Waals surface area contributed by atoms with Gasteiger partial charge in [-0.3, -0.25) is 4.79 Å². The Labute approximate surface area is 116 Å². The van der Waals surface area contributed by atoms with Gasteiger partial charge in [0.2, 0.25) is 0 Å². The van der Waals surface area contributed by atoms with Gasteiger partial charge in [-0.2, -0.15) is 0 Å². The summed E-state index contributed by atoms with van der Waals surface area (Å²) in [4.78, 5) is 11.7. The van der Waals surface area contributed by atoms with Gasteiger partial charge in [-0.15, -0.1) is 0 Å². The van der Waals surface area contributed by atoms with Gasteiger partial charge in [0.05, 0.1) is 9.64 Å². The van der Waals surface area contributed by atoms with E-state index in [0.29, 0.717) is 4.90 Å². The highest BCUT2D eigenvalue weighted by Gasteiger charge is 2.38. The molecule has 0 unspecified atom stereocenters. The van der Waals surface area contributed by atoms with Crippen molar-refractivity contribution in [3.63, 3.8) is 0 Å². The van der Waals surface area contributed by atoms with Crippen molar-refractivity contribution in [1.29, 1.82) is 0 Å². The van der Waals surface area contributed by atoms with Crippen LogP contribution < -0.4 is 0 Å². The Morgan fingerprint density at radius 3 is 1.89 bits per heavy atom. The van der Waals surface area contributed by atoms with E-state index in [1.54, 1.807) is 27.7 Å². The fourth-order valence-electron chi connectivity index (χ4n) is 2.56. The summed E-state index contributed by atoms with van der Waals surface area (Å²) in [5.74, 6) is -0.115. The fraction of sp³-hybridized carbons (Fsp3) is 0.533. The Morgan fingerprint density at radius 2 is 1.53 bits per heavy atom. The largest absolute Gasteiger partial charge is 0.300 e. The first kappa shape index (κ1) is 15.9. The molecule has 0 fully saturated rings. The Morgan fingerprint density at radius 1 is 1.11 bits per heavy atom. The molecule has 106 valence electrons. The number of hydrogen-bond donors (Lipinski definition) is 0. The van der Waals surface area contributed by atoms with Gasteiger partial charge in [0.25, 0.3) is 0 Å². The van der Waals surface area contributed by atoms with Crippen LogP contribution in [0.25, 0.3) is 0 Å². The number of carbonyl (C=O) groups excluding carboxylic acids is 1. The molecule has 0 amide bonds. The highest BCUT2D eigenvalue weighted by Crippen LogP contribution is 2.33. The van der Waals surface area contributed by atoms with Crippen LogP contribution in [0.1, 0.15) is 43.9 Å². The summed E-state index contributed by atoms with van der Waals surface area (Å²) in [7, 11) is -3.53. The van der Waals surface area contributed by atoms with Crippen LogP contribution in [0.5, 0.6) is 0 Å². The van der Waals surface area contributed by atoms with E-state index in [-0.39, 0.29) is 12.2 Å². The van der Waals surface area contributed by atoms with E-state index in [1.807, 2.05) is 19.1 Å². The third-order valence-corrected chi connectivity index (χ3v) is 6.06. The van der Waals surface area contributed by atoms with Gasteiger partial charge >= 0.3 is 0 Å². The van der Waals surface area contributed by atoms with Crippen LogP contribution in [-0.2, 0) is 14.6 Å². The first-order chi connectivity index (χ1) is 8.49. The number of ketones is 1. The van der Waals surface area contributed by atoms with Crippen molar-refractivity contribution in [3.8, 4) is 0 Å². The van der Waals surface area contributed by atoms with E-state index >= 15 is 0 Å². The molecule has 0 aliphatic heterocycles. The van der Waals surface area contributed by atoms with Gasteiger partial charge < -0.3 is 0 Å². The molecule has 0 saturated heterocycles. The van der Waals surface area contributed by atoms with E-state index in [0.717, 1.165) is 16.7 Å². The Balaban J connectivity index is 3.48. The highest BCUT2D eigenvalue weighted by atomic mass is 32.2. The highest BCUT2D eigenvalue weighted by molar-refractivity contribution is 7.93. The third-order valence-electron chi connectivity index (χ3n) is 3.28. The van der Waals surface area contributed by atoms with Crippen LogP contribution in [0.15, 0.2) is 17.0 Å². The quantitative estimate of drug-likeness (QED) is 0.852. The normalized spacial score (nSPS) is 12.5. The summed E-state index contributed by atoms with van der Waals surface area (Å²) < 4.78 is 24.5. The van der Waals surface area contributed by atoms with E-state index in [4.69, 9.17) is 0 Å². The molecule has 0 aromatic heterocycles. The van der Waals surface area contributed by atoms with Crippen molar-refractivity contribution < 1.29 is 13.2 Å². The minimum Gasteiger partial charge on any atom is -0.300 e. The molecule has 0 aliphatic rings. The van der Waals surface area contributed by atoms with Crippen molar-refractivity contribution in [3.05, 3.63) is 28.8 Å². The van der Waals surface area contributed by atoms with Gasteiger partial charge in [-0.05, 0) is 52.7 Å². The summed E-state index contributed by atoms with van der Waals surface area (Å²) in [5.41, 5.74) is 2.53. The van der Waals surface area contributed by atoms with Crippen molar-refractivity contribution in [2.45, 2.75) is 57.6 Å². The zero-order valence-corrected chi connectivity index (χ0v) is 13.3. The SMILES string of the molecule is CC(=O)CC(C)(C)S(=O)(=O)c1c(C)cc(C)cc1C. The van der Waals surface area contributed by atoms with Crippen LogP contribution in [0, 0.1) is 20.8 Å². The molecular formula is C15H22O3S. The second-order valence-corrected chi connectivity index (χ2v) is 8.39. The van der Waals surface area contributed by atoms with Crippen molar-refractivity contribution in [2.75, 3.05) is 0 Å². The molecule has 0 spiro atoms. The molecular weight excluding hydrogens is 260 g/mol. The van der Waals surface area contributed by atoms with Gasteiger partial charge in [-0.25, -0.2) is 8.42 Å². The first-order valence-corrected chi connectivity index (χ1v) is 7.79. The van der Waals surface area contributed by atoms with Crippen LogP contribution >= 0.6 is 0 Å². The van der Waals surface area contributed by atoms with E-state index in [2.05, 4.69) is 0 Å². The zero-order valence-electron chi connectivity index (χ0n) is 12.5. The van der Waals surface area contributed by atoms with Gasteiger partial charge in [0.1, 0.15) is 5.78 Å². The topological polar surface area (TPSA) is 51.2 Å². The molecule has 0 aliphatic carbocycles. The summed E-state index contributed by atoms with van der Waals surface area (Å²) in [6.45, 7) is 10.2. The number of aryl methyl sites for hydroxylation is 3. The Hall–Kier alpha value is -1.16. The summed E-state index contributed by atoms with van der Waals surface area (Å²) in [6.07, 6.45) is 0.0299. The van der Waals surface area contributed by atoms with E-state index in [1.165, 1.54) is 6.92 Å². The van der Waals surface area contributed by atoms with Crippen LogP contribution in [-0.4, -0.2) is 18.9 Å². The second-order valence-electron chi connectivity index (χ2n) is 5.87. The number of Topliss-reactive ketones (excluding diaryl/α,β-unsaturated/α-hetero) is 1. The van der Waals surface area contributed by atoms with Crippen LogP contribution in [0.2, 0.25) is 0 Å². The monoisotopic (exact) mass is 282 g/mol. The zero-order chi connectivity index (χ0) is 15.0. The van der Waals surface area contributed by atoms with Crippen LogP contribution in [0.4, 0.5) is 0 Å². The summed E-state index contributed by atoms with van der Waals surface area (Å²) >= 11 is 0. The Kier molecular flexibility index (Phi) is 4.25. The number of carbonyl (C=O) groups is 1. The standard InChI is InChI=1S/C15H22O3S/c1-10-7-11(2)14(12(3)8-10)19(17,18)15(5,6)9-13(4)16/h7-8H,9H2,1-6H3. The maximum absolute atomic E-state index is 12.8. The molecule has 4 heteroatoms. The number of hydrogen-bond acceptors (Lipinski definition) is 3. The third kappa shape index (κ3) is 3.06. The first-order valence-electron chi connectivity index (χ1n) is 6.31. The molecule has 1 aromatic carbocycles. The van der Waals surface area contributed by atoms with Crippen molar-refractivity contribution in [1.82, 2.24) is 0 Å². The average Bonchev–Trinajstić information content (AvgIpc) is 2.11. The van der Waals surface area contributed by atoms with E-state index in [9.17, 15) is 13.2 Å². The second kappa shape index (κ2) is 5.08. The summed E-state index contributed by atoms with van der Waals surface area (Å²) in [6, 6.07) is 3.73. The molecule has 19 heavy (non-hydrogen) atoms. The molecule has 0 bridgehead atoms. The van der Waals surface area contributed by atoms with Gasteiger partial charge in [0, 0.05) is 6.42 Å².